The molecular weight excluding hydrogens is 154 g/mol. The van der Waals surface area contributed by atoms with E-state index in [1.165, 1.54) is 0 Å². The summed E-state index contributed by atoms with van der Waals surface area (Å²) in [7, 11) is 2.13. The van der Waals surface area contributed by atoms with Crippen molar-refractivity contribution in [3.8, 4) is 0 Å². The van der Waals surface area contributed by atoms with Crippen LogP contribution in [0.2, 0.25) is 0 Å². The number of likely N-dealkylation sites (N-methyl/N-ethyl adjacent to an activating group) is 1. The molecule has 0 spiro atoms. The Bertz CT molecular complexity index is 167. The summed E-state index contributed by atoms with van der Waals surface area (Å²) < 4.78 is 0. The molecule has 1 saturated heterocycles. The van der Waals surface area contributed by atoms with E-state index in [0.29, 0.717) is 6.54 Å². The van der Waals surface area contributed by atoms with Gasteiger partial charge in [0, 0.05) is 44.2 Å². The van der Waals surface area contributed by atoms with Gasteiger partial charge in [0.05, 0.1) is 0 Å². The number of hydrogen-bond acceptors (Lipinski definition) is 3. The van der Waals surface area contributed by atoms with Crippen LogP contribution in [0.5, 0.6) is 0 Å². The number of piperazine rings is 1. The fraction of sp³-hybridized carbons (Fsp3) is 1.00. The van der Waals surface area contributed by atoms with Gasteiger partial charge in [0.1, 0.15) is 0 Å². The molecule has 0 unspecified atom stereocenters. The average Bonchev–Trinajstić information content (AvgIpc) is 2.09. The minimum atomic E-state index is 0.597. The smallest absolute Gasteiger partial charge is 0.0385 e. The van der Waals surface area contributed by atoms with Crippen LogP contribution in [0.1, 0.15) is 0 Å². The van der Waals surface area contributed by atoms with E-state index in [4.69, 9.17) is 5.53 Å². The van der Waals surface area contributed by atoms with E-state index in [1.807, 2.05) is 0 Å². The predicted molar refractivity (Wildman–Crippen MR) is 48.0 cm³/mol. The summed E-state index contributed by atoms with van der Waals surface area (Å²) in [5.41, 5.74) is 8.07. The lowest BCUT2D eigenvalue weighted by molar-refractivity contribution is 0.157. The first-order valence-corrected chi connectivity index (χ1v) is 4.24. The second-order valence-electron chi connectivity index (χ2n) is 3.10. The Labute approximate surface area is 72.6 Å². The molecule has 1 heterocycles. The quantitative estimate of drug-likeness (QED) is 0.352. The molecule has 0 radical (unpaired) electrons. The van der Waals surface area contributed by atoms with E-state index in [-0.39, 0.29) is 0 Å². The van der Waals surface area contributed by atoms with Crippen molar-refractivity contribution < 1.29 is 0 Å². The van der Waals surface area contributed by atoms with Crippen LogP contribution < -0.4 is 0 Å². The Balaban J connectivity index is 2.13. The van der Waals surface area contributed by atoms with Crippen LogP contribution in [-0.2, 0) is 0 Å². The molecule has 0 aromatic heterocycles. The Morgan fingerprint density at radius 1 is 1.33 bits per heavy atom. The molecule has 0 aromatic carbocycles. The van der Waals surface area contributed by atoms with Gasteiger partial charge >= 0.3 is 0 Å². The highest BCUT2D eigenvalue weighted by atomic mass is 15.3. The van der Waals surface area contributed by atoms with Crippen LogP contribution >= 0.6 is 0 Å². The fourth-order valence-corrected chi connectivity index (χ4v) is 1.30. The summed E-state index contributed by atoms with van der Waals surface area (Å²) in [6.07, 6.45) is 0. The molecule has 0 bridgehead atoms. The van der Waals surface area contributed by atoms with Gasteiger partial charge in [0.15, 0.2) is 0 Å². The summed E-state index contributed by atoms with van der Waals surface area (Å²) in [5, 5.41) is 3.51. The van der Waals surface area contributed by atoms with Crippen molar-refractivity contribution in [2.24, 2.45) is 5.11 Å². The van der Waals surface area contributed by atoms with Gasteiger partial charge < -0.3 is 9.80 Å². The third-order valence-electron chi connectivity index (χ3n) is 2.18. The monoisotopic (exact) mass is 169 g/mol. The predicted octanol–water partition coefficient (Wildman–Crippen LogP) is 0.544. The normalized spacial score (nSPS) is 20.4. The van der Waals surface area contributed by atoms with Crippen LogP contribution in [0.15, 0.2) is 5.11 Å². The number of azide groups is 1. The van der Waals surface area contributed by atoms with Crippen molar-refractivity contribution >= 4 is 0 Å². The SMILES string of the molecule is CN1CCN(CCN=[N+]=[N-])CC1. The van der Waals surface area contributed by atoms with E-state index in [1.54, 1.807) is 0 Å². The van der Waals surface area contributed by atoms with Crippen LogP contribution in [0.25, 0.3) is 10.4 Å². The Morgan fingerprint density at radius 2 is 2.00 bits per heavy atom. The van der Waals surface area contributed by atoms with E-state index in [0.717, 1.165) is 32.7 Å². The summed E-state index contributed by atoms with van der Waals surface area (Å²) >= 11 is 0. The number of nitrogens with zero attached hydrogens (tertiary/aromatic N) is 5. The maximum absolute atomic E-state index is 8.07. The highest BCUT2D eigenvalue weighted by molar-refractivity contribution is 4.69. The maximum Gasteiger partial charge on any atom is 0.0385 e. The number of rotatable bonds is 3. The number of hydrogen-bond donors (Lipinski definition) is 0. The zero-order valence-corrected chi connectivity index (χ0v) is 7.48. The maximum atomic E-state index is 8.07. The lowest BCUT2D eigenvalue weighted by Gasteiger charge is -2.31. The molecule has 5 nitrogen and oxygen atoms in total. The van der Waals surface area contributed by atoms with Crippen molar-refractivity contribution in [3.05, 3.63) is 10.4 Å². The largest absolute Gasteiger partial charge is 0.304 e. The Kier molecular flexibility index (Phi) is 3.87. The van der Waals surface area contributed by atoms with Crippen LogP contribution in [-0.4, -0.2) is 56.1 Å². The first kappa shape index (κ1) is 9.32. The first-order valence-electron chi connectivity index (χ1n) is 4.24. The topological polar surface area (TPSA) is 55.2 Å². The van der Waals surface area contributed by atoms with Crippen LogP contribution in [0.4, 0.5) is 0 Å². The second kappa shape index (κ2) is 4.98. The summed E-state index contributed by atoms with van der Waals surface area (Å²) in [4.78, 5) is 7.36. The average molecular weight is 169 g/mol. The van der Waals surface area contributed by atoms with Gasteiger partial charge in [-0.2, -0.15) is 0 Å². The van der Waals surface area contributed by atoms with Gasteiger partial charge in [0.2, 0.25) is 0 Å². The van der Waals surface area contributed by atoms with Crippen LogP contribution in [0, 0.1) is 0 Å². The fourth-order valence-electron chi connectivity index (χ4n) is 1.30. The van der Waals surface area contributed by atoms with E-state index < -0.39 is 0 Å². The molecule has 0 N–H and O–H groups in total. The molecule has 68 valence electrons. The molecule has 12 heavy (non-hydrogen) atoms. The molecule has 1 fully saturated rings. The van der Waals surface area contributed by atoms with Crippen molar-refractivity contribution in [3.63, 3.8) is 0 Å². The van der Waals surface area contributed by atoms with Crippen molar-refractivity contribution in [1.29, 1.82) is 0 Å². The second-order valence-corrected chi connectivity index (χ2v) is 3.10. The molecule has 0 atom stereocenters. The highest BCUT2D eigenvalue weighted by Crippen LogP contribution is 1.97. The Morgan fingerprint density at radius 3 is 2.58 bits per heavy atom. The minimum absolute atomic E-state index is 0.597. The minimum Gasteiger partial charge on any atom is -0.304 e. The summed E-state index contributed by atoms with van der Waals surface area (Å²) in [5.74, 6) is 0. The summed E-state index contributed by atoms with van der Waals surface area (Å²) in [6, 6.07) is 0. The van der Waals surface area contributed by atoms with Gasteiger partial charge in [-0.15, -0.1) is 0 Å². The van der Waals surface area contributed by atoms with Gasteiger partial charge in [-0.3, -0.25) is 0 Å². The molecule has 0 saturated carbocycles. The molecule has 0 aliphatic carbocycles. The zero-order chi connectivity index (χ0) is 8.81. The van der Waals surface area contributed by atoms with Gasteiger partial charge in [-0.05, 0) is 12.6 Å². The van der Waals surface area contributed by atoms with E-state index >= 15 is 0 Å². The molecule has 1 rings (SSSR count). The van der Waals surface area contributed by atoms with Crippen molar-refractivity contribution in [1.82, 2.24) is 9.80 Å². The van der Waals surface area contributed by atoms with Crippen molar-refractivity contribution in [2.75, 3.05) is 46.3 Å². The molecule has 5 heteroatoms. The van der Waals surface area contributed by atoms with Crippen LogP contribution in [0.3, 0.4) is 0 Å². The molecule has 1 aliphatic rings. The first-order chi connectivity index (χ1) is 5.83. The summed E-state index contributed by atoms with van der Waals surface area (Å²) in [6.45, 7) is 5.93. The standard InChI is InChI=1S/C7H15N5/c1-11-4-6-12(7-5-11)3-2-9-10-8/h2-7H2,1H3. The zero-order valence-electron chi connectivity index (χ0n) is 7.48. The third kappa shape index (κ3) is 3.09. The third-order valence-corrected chi connectivity index (χ3v) is 2.18. The van der Waals surface area contributed by atoms with E-state index in [9.17, 15) is 0 Å². The molecular formula is C7H15N5. The van der Waals surface area contributed by atoms with Gasteiger partial charge in [-0.1, -0.05) is 5.11 Å². The lowest BCUT2D eigenvalue weighted by atomic mass is 10.3. The molecule has 0 amide bonds. The Hall–Kier alpha value is -0.770. The van der Waals surface area contributed by atoms with Gasteiger partial charge in [-0.25, -0.2) is 0 Å². The van der Waals surface area contributed by atoms with Gasteiger partial charge in [0.25, 0.3) is 0 Å². The highest BCUT2D eigenvalue weighted by Gasteiger charge is 2.11. The molecule has 0 aromatic rings. The van der Waals surface area contributed by atoms with E-state index in [2.05, 4.69) is 26.9 Å². The van der Waals surface area contributed by atoms with Crippen molar-refractivity contribution in [2.45, 2.75) is 0 Å². The lowest BCUT2D eigenvalue weighted by Crippen LogP contribution is -2.45. The molecule has 1 aliphatic heterocycles.